The molecule has 1 aromatic heterocycles. The van der Waals surface area contributed by atoms with Gasteiger partial charge < -0.3 is 14.4 Å². The van der Waals surface area contributed by atoms with Crippen molar-refractivity contribution in [1.82, 2.24) is 4.57 Å². The molecule has 2 aromatic carbocycles. The monoisotopic (exact) mass is 281 g/mol. The van der Waals surface area contributed by atoms with Crippen molar-refractivity contribution in [1.29, 1.82) is 0 Å². The van der Waals surface area contributed by atoms with Crippen LogP contribution in [0.4, 0.5) is 0 Å². The summed E-state index contributed by atoms with van der Waals surface area (Å²) in [6.45, 7) is 5.72. The van der Waals surface area contributed by atoms with Crippen molar-refractivity contribution in [2.75, 3.05) is 0 Å². The second-order valence-electron chi connectivity index (χ2n) is 5.24. The summed E-state index contributed by atoms with van der Waals surface area (Å²) in [5.41, 5.74) is 3.70. The molecule has 0 unspecified atom stereocenters. The molecule has 108 valence electrons. The van der Waals surface area contributed by atoms with Gasteiger partial charge in [0.15, 0.2) is 0 Å². The maximum atomic E-state index is 9.29. The highest BCUT2D eigenvalue weighted by atomic mass is 16.5. The molecule has 3 heteroatoms. The Balaban J connectivity index is 1.88. The van der Waals surface area contributed by atoms with Gasteiger partial charge in [0, 0.05) is 29.2 Å². The Kier molecular flexibility index (Phi) is 3.57. The number of phenolic OH excluding ortho intramolecular Hbond substituents is 1. The largest absolute Gasteiger partial charge is 0.508 e. The maximum absolute atomic E-state index is 9.29. The van der Waals surface area contributed by atoms with E-state index in [-0.39, 0.29) is 5.75 Å². The fourth-order valence-electron chi connectivity index (χ4n) is 2.56. The molecule has 0 spiro atoms. The molecule has 0 saturated heterocycles. The third-order valence-electron chi connectivity index (χ3n) is 3.69. The third-order valence-corrected chi connectivity index (χ3v) is 3.69. The zero-order chi connectivity index (χ0) is 14.8. The van der Waals surface area contributed by atoms with Crippen LogP contribution in [0.1, 0.15) is 18.1 Å². The number of benzene rings is 2. The van der Waals surface area contributed by atoms with Gasteiger partial charge >= 0.3 is 0 Å². The summed E-state index contributed by atoms with van der Waals surface area (Å²) >= 11 is 0. The van der Waals surface area contributed by atoms with E-state index in [2.05, 4.69) is 42.8 Å². The Bertz CT molecular complexity index is 757. The van der Waals surface area contributed by atoms with Crippen LogP contribution in [-0.2, 0) is 13.2 Å². The van der Waals surface area contributed by atoms with Crippen molar-refractivity contribution < 1.29 is 9.84 Å². The van der Waals surface area contributed by atoms with E-state index in [1.165, 1.54) is 22.0 Å². The van der Waals surface area contributed by atoms with Crippen molar-refractivity contribution in [3.8, 4) is 11.5 Å². The lowest BCUT2D eigenvalue weighted by Gasteiger charge is -2.05. The molecular formula is C18H19NO2. The molecule has 21 heavy (non-hydrogen) atoms. The lowest BCUT2D eigenvalue weighted by molar-refractivity contribution is 0.307. The Hall–Kier alpha value is -2.42. The summed E-state index contributed by atoms with van der Waals surface area (Å²) in [6.07, 6.45) is 2.16. The molecule has 0 aliphatic rings. The summed E-state index contributed by atoms with van der Waals surface area (Å²) in [5.74, 6) is 1.01. The standard InChI is InChI=1S/C18H19NO2/c1-3-19-11-14(17-9-4-13(2)10-18(17)19)12-21-16-7-5-15(20)6-8-16/h4-11,20H,3,12H2,1-2H3. The predicted octanol–water partition coefficient (Wildman–Crippen LogP) is 4.25. The van der Waals surface area contributed by atoms with E-state index in [9.17, 15) is 5.11 Å². The predicted molar refractivity (Wildman–Crippen MR) is 84.8 cm³/mol. The van der Waals surface area contributed by atoms with Crippen LogP contribution in [0.3, 0.4) is 0 Å². The SMILES string of the molecule is CCn1cc(COc2ccc(O)cc2)c2ccc(C)cc21. The van der Waals surface area contributed by atoms with Gasteiger partial charge in [-0.05, 0) is 49.7 Å². The first-order chi connectivity index (χ1) is 10.2. The number of rotatable bonds is 4. The zero-order valence-electron chi connectivity index (χ0n) is 12.3. The number of fused-ring (bicyclic) bond motifs is 1. The Labute approximate surface area is 124 Å². The van der Waals surface area contributed by atoms with E-state index in [0.717, 1.165) is 12.3 Å². The normalized spacial score (nSPS) is 11.0. The van der Waals surface area contributed by atoms with E-state index in [1.54, 1.807) is 24.3 Å². The van der Waals surface area contributed by atoms with Gasteiger partial charge in [-0.1, -0.05) is 12.1 Å². The molecule has 1 heterocycles. The first-order valence-electron chi connectivity index (χ1n) is 7.17. The van der Waals surface area contributed by atoms with Crippen LogP contribution in [0.15, 0.2) is 48.7 Å². The molecular weight excluding hydrogens is 262 g/mol. The Morgan fingerprint density at radius 3 is 2.57 bits per heavy atom. The van der Waals surface area contributed by atoms with Crippen LogP contribution in [0, 0.1) is 6.92 Å². The fraction of sp³-hybridized carbons (Fsp3) is 0.222. The summed E-state index contributed by atoms with van der Waals surface area (Å²) < 4.78 is 8.07. The van der Waals surface area contributed by atoms with Gasteiger partial charge in [-0.25, -0.2) is 0 Å². The van der Waals surface area contributed by atoms with E-state index >= 15 is 0 Å². The third kappa shape index (κ3) is 2.72. The van der Waals surface area contributed by atoms with E-state index in [0.29, 0.717) is 6.61 Å². The van der Waals surface area contributed by atoms with E-state index in [1.807, 2.05) is 0 Å². The average Bonchev–Trinajstić information content (AvgIpc) is 2.84. The summed E-state index contributed by atoms with van der Waals surface area (Å²) in [4.78, 5) is 0. The van der Waals surface area contributed by atoms with Crippen molar-refractivity contribution >= 4 is 10.9 Å². The average molecular weight is 281 g/mol. The first-order valence-corrected chi connectivity index (χ1v) is 7.17. The summed E-state index contributed by atoms with van der Waals surface area (Å²) in [5, 5.41) is 10.5. The molecule has 0 aliphatic heterocycles. The van der Waals surface area contributed by atoms with Gasteiger partial charge in [-0.2, -0.15) is 0 Å². The smallest absolute Gasteiger partial charge is 0.120 e. The van der Waals surface area contributed by atoms with Crippen molar-refractivity contribution in [3.05, 3.63) is 59.8 Å². The Morgan fingerprint density at radius 1 is 1.10 bits per heavy atom. The van der Waals surface area contributed by atoms with E-state index < -0.39 is 0 Å². The van der Waals surface area contributed by atoms with Crippen LogP contribution in [0.2, 0.25) is 0 Å². The molecule has 1 N–H and O–H groups in total. The van der Waals surface area contributed by atoms with Crippen LogP contribution < -0.4 is 4.74 Å². The minimum atomic E-state index is 0.250. The number of nitrogens with zero attached hydrogens (tertiary/aromatic N) is 1. The van der Waals surface area contributed by atoms with Crippen LogP contribution in [0.25, 0.3) is 10.9 Å². The van der Waals surface area contributed by atoms with Crippen molar-refractivity contribution in [3.63, 3.8) is 0 Å². The van der Waals surface area contributed by atoms with Crippen LogP contribution in [0.5, 0.6) is 11.5 Å². The van der Waals surface area contributed by atoms with Gasteiger partial charge in [-0.15, -0.1) is 0 Å². The quantitative estimate of drug-likeness (QED) is 0.775. The number of hydrogen-bond acceptors (Lipinski definition) is 2. The topological polar surface area (TPSA) is 34.4 Å². The van der Waals surface area contributed by atoms with Gasteiger partial charge in [0.1, 0.15) is 18.1 Å². The highest BCUT2D eigenvalue weighted by Crippen LogP contribution is 2.25. The zero-order valence-corrected chi connectivity index (χ0v) is 12.3. The molecule has 0 fully saturated rings. The molecule has 3 rings (SSSR count). The number of ether oxygens (including phenoxy) is 1. The summed E-state index contributed by atoms with van der Waals surface area (Å²) in [6, 6.07) is 13.3. The lowest BCUT2D eigenvalue weighted by atomic mass is 10.1. The van der Waals surface area contributed by atoms with Gasteiger partial charge in [0.2, 0.25) is 0 Å². The van der Waals surface area contributed by atoms with Crippen LogP contribution in [-0.4, -0.2) is 9.67 Å². The maximum Gasteiger partial charge on any atom is 0.120 e. The number of phenols is 1. The van der Waals surface area contributed by atoms with Gasteiger partial charge in [-0.3, -0.25) is 0 Å². The number of hydrogen-bond donors (Lipinski definition) is 1. The number of aromatic nitrogens is 1. The number of aryl methyl sites for hydroxylation is 2. The molecule has 3 nitrogen and oxygen atoms in total. The van der Waals surface area contributed by atoms with Gasteiger partial charge in [0.05, 0.1) is 0 Å². The lowest BCUT2D eigenvalue weighted by Crippen LogP contribution is -1.94. The molecule has 0 radical (unpaired) electrons. The first kappa shape index (κ1) is 13.6. The number of aromatic hydroxyl groups is 1. The van der Waals surface area contributed by atoms with E-state index in [4.69, 9.17) is 4.74 Å². The molecule has 0 amide bonds. The second-order valence-corrected chi connectivity index (χ2v) is 5.24. The van der Waals surface area contributed by atoms with Crippen LogP contribution >= 0.6 is 0 Å². The molecule has 0 aliphatic carbocycles. The highest BCUT2D eigenvalue weighted by Gasteiger charge is 2.08. The fourth-order valence-corrected chi connectivity index (χ4v) is 2.56. The van der Waals surface area contributed by atoms with Crippen molar-refractivity contribution in [2.45, 2.75) is 27.0 Å². The minimum absolute atomic E-state index is 0.250. The molecule has 0 bridgehead atoms. The highest BCUT2D eigenvalue weighted by molar-refractivity contribution is 5.84. The Morgan fingerprint density at radius 2 is 1.86 bits per heavy atom. The molecule has 0 atom stereocenters. The van der Waals surface area contributed by atoms with Gasteiger partial charge in [0.25, 0.3) is 0 Å². The molecule has 3 aromatic rings. The second kappa shape index (κ2) is 5.52. The minimum Gasteiger partial charge on any atom is -0.508 e. The van der Waals surface area contributed by atoms with Crippen molar-refractivity contribution in [2.24, 2.45) is 0 Å². The molecule has 0 saturated carbocycles. The summed E-state index contributed by atoms with van der Waals surface area (Å²) in [7, 11) is 0.